The molecule has 0 saturated carbocycles. The van der Waals surface area contributed by atoms with Crippen LogP contribution in [0, 0.1) is 5.82 Å². The molecule has 0 radical (unpaired) electrons. The highest BCUT2D eigenvalue weighted by molar-refractivity contribution is 7.18. The molecule has 1 aromatic heterocycles. The van der Waals surface area contributed by atoms with Crippen LogP contribution in [0.1, 0.15) is 5.56 Å². The van der Waals surface area contributed by atoms with Crippen LogP contribution in [0.5, 0.6) is 11.5 Å². The monoisotopic (exact) mass is 539 g/mol. The van der Waals surface area contributed by atoms with Crippen molar-refractivity contribution in [1.82, 2.24) is 15.5 Å². The molecule has 188 valence electrons. The molecule has 0 saturated heterocycles. The Bertz CT molecular complexity index is 1450. The number of carbonyl (C=O) groups is 2. The minimum absolute atomic E-state index is 0.133. The van der Waals surface area contributed by atoms with E-state index in [2.05, 4.69) is 26.1 Å². The number of rotatable bonds is 7. The highest BCUT2D eigenvalue weighted by Gasteiger charge is 2.23. The molecule has 1 atom stereocenters. The fraction of sp³-hybridized carbons (Fsp3) is 0.120. The van der Waals surface area contributed by atoms with E-state index in [1.165, 1.54) is 23.5 Å². The van der Waals surface area contributed by atoms with E-state index in [1.54, 1.807) is 12.1 Å². The maximum Gasteiger partial charge on any atom is 0.319 e. The number of nitrogens with zero attached hydrogens (tertiary/aromatic N) is 2. The highest BCUT2D eigenvalue weighted by atomic mass is 35.5. The molecule has 2 heterocycles. The van der Waals surface area contributed by atoms with Crippen molar-refractivity contribution in [2.45, 2.75) is 12.5 Å². The number of hydrogen-bond acceptors (Lipinski definition) is 7. The summed E-state index contributed by atoms with van der Waals surface area (Å²) in [5, 5.41) is 16.9. The minimum Gasteiger partial charge on any atom is -0.454 e. The number of carbonyl (C=O) groups excluding carboxylic acids is 2. The fourth-order valence-electron chi connectivity index (χ4n) is 3.57. The molecule has 3 aromatic carbocycles. The van der Waals surface area contributed by atoms with Gasteiger partial charge in [0.2, 0.25) is 17.8 Å². The van der Waals surface area contributed by atoms with Crippen molar-refractivity contribution >= 4 is 45.7 Å². The largest absolute Gasteiger partial charge is 0.454 e. The first-order valence-electron chi connectivity index (χ1n) is 11.1. The van der Waals surface area contributed by atoms with E-state index < -0.39 is 23.8 Å². The Morgan fingerprint density at radius 1 is 1.00 bits per heavy atom. The van der Waals surface area contributed by atoms with Crippen molar-refractivity contribution in [1.29, 1.82) is 0 Å². The average molecular weight is 540 g/mol. The number of benzene rings is 3. The number of halogens is 2. The molecule has 0 aliphatic carbocycles. The van der Waals surface area contributed by atoms with Gasteiger partial charge in [0.25, 0.3) is 0 Å². The van der Waals surface area contributed by atoms with Gasteiger partial charge < -0.3 is 20.1 Å². The zero-order valence-corrected chi connectivity index (χ0v) is 20.6. The van der Waals surface area contributed by atoms with Gasteiger partial charge in [0.05, 0.1) is 5.02 Å². The second kappa shape index (κ2) is 10.8. The number of anilines is 2. The van der Waals surface area contributed by atoms with Crippen LogP contribution < -0.4 is 25.4 Å². The number of ether oxygens (including phenoxy) is 2. The van der Waals surface area contributed by atoms with Crippen molar-refractivity contribution in [2.75, 3.05) is 17.4 Å². The van der Waals surface area contributed by atoms with Crippen LogP contribution in [-0.4, -0.2) is 35.0 Å². The second-order valence-electron chi connectivity index (χ2n) is 7.94. The molecule has 0 spiro atoms. The molecule has 0 unspecified atom stereocenters. The summed E-state index contributed by atoms with van der Waals surface area (Å²) >= 11 is 6.97. The van der Waals surface area contributed by atoms with Crippen molar-refractivity contribution < 1.29 is 23.5 Å². The molecule has 0 bridgehead atoms. The Morgan fingerprint density at radius 2 is 1.81 bits per heavy atom. The van der Waals surface area contributed by atoms with Crippen LogP contribution in [0.15, 0.2) is 66.7 Å². The van der Waals surface area contributed by atoms with Gasteiger partial charge in [-0.2, -0.15) is 0 Å². The molecule has 3 N–H and O–H groups in total. The maximum atomic E-state index is 13.4. The number of hydrogen-bond donors (Lipinski definition) is 3. The van der Waals surface area contributed by atoms with Gasteiger partial charge >= 0.3 is 6.03 Å². The standard InChI is InChI=1S/C25H19ClFN5O4S/c26-17-12-16(7-8-18(17)27)28-24(34)29-19(10-14-4-2-1-3-5-14)22(33)30-25-32-31-23(37-25)15-6-9-20-21(11-15)36-13-35-20/h1-9,11-12,19H,10,13H2,(H2,28,29,34)(H,30,32,33)/t19-/m0/s1. The number of nitrogens with one attached hydrogen (secondary N) is 3. The summed E-state index contributed by atoms with van der Waals surface area (Å²) in [5.74, 6) is 0.173. The van der Waals surface area contributed by atoms with Gasteiger partial charge in [0, 0.05) is 17.7 Å². The fourth-order valence-corrected chi connectivity index (χ4v) is 4.49. The van der Waals surface area contributed by atoms with E-state index >= 15 is 0 Å². The van der Waals surface area contributed by atoms with Crippen molar-refractivity contribution in [2.24, 2.45) is 0 Å². The van der Waals surface area contributed by atoms with Crippen LogP contribution in [-0.2, 0) is 11.2 Å². The molecule has 1 aliphatic heterocycles. The Balaban J connectivity index is 1.29. The Morgan fingerprint density at radius 3 is 2.62 bits per heavy atom. The van der Waals surface area contributed by atoms with E-state index in [0.717, 1.165) is 17.2 Å². The van der Waals surface area contributed by atoms with Crippen LogP contribution in [0.4, 0.5) is 20.0 Å². The summed E-state index contributed by atoms with van der Waals surface area (Å²) in [6.45, 7) is 0.161. The lowest BCUT2D eigenvalue weighted by atomic mass is 10.1. The van der Waals surface area contributed by atoms with E-state index in [0.29, 0.717) is 16.5 Å². The van der Waals surface area contributed by atoms with Crippen LogP contribution in [0.3, 0.4) is 0 Å². The predicted octanol–water partition coefficient (Wildman–Crippen LogP) is 5.10. The van der Waals surface area contributed by atoms with Crippen LogP contribution in [0.2, 0.25) is 5.02 Å². The van der Waals surface area contributed by atoms with Crippen LogP contribution in [0.25, 0.3) is 10.6 Å². The summed E-state index contributed by atoms with van der Waals surface area (Å²) in [5.41, 5.74) is 1.88. The summed E-state index contributed by atoms with van der Waals surface area (Å²) < 4.78 is 24.2. The summed E-state index contributed by atoms with van der Waals surface area (Å²) in [6.07, 6.45) is 0.220. The summed E-state index contributed by atoms with van der Waals surface area (Å²) in [7, 11) is 0. The van der Waals surface area contributed by atoms with Crippen molar-refractivity contribution in [3.8, 4) is 22.1 Å². The molecule has 5 rings (SSSR count). The van der Waals surface area contributed by atoms with E-state index in [-0.39, 0.29) is 29.1 Å². The second-order valence-corrected chi connectivity index (χ2v) is 9.32. The third kappa shape index (κ3) is 5.96. The molecule has 4 aromatic rings. The minimum atomic E-state index is -0.948. The summed E-state index contributed by atoms with van der Waals surface area (Å²) in [4.78, 5) is 25.8. The first-order chi connectivity index (χ1) is 17.9. The normalized spacial score (nSPS) is 12.6. The van der Waals surface area contributed by atoms with Gasteiger partial charge in [-0.25, -0.2) is 9.18 Å². The van der Waals surface area contributed by atoms with Gasteiger partial charge in [-0.3, -0.25) is 10.1 Å². The van der Waals surface area contributed by atoms with E-state index in [4.69, 9.17) is 21.1 Å². The molecule has 9 nitrogen and oxygen atoms in total. The SMILES string of the molecule is O=C(Nc1ccc(F)c(Cl)c1)N[C@@H](Cc1ccccc1)C(=O)Nc1nnc(-c2ccc3c(c2)OCO3)s1. The molecule has 12 heteroatoms. The quantitative estimate of drug-likeness (QED) is 0.301. The molecule has 3 amide bonds. The predicted molar refractivity (Wildman–Crippen MR) is 138 cm³/mol. The average Bonchev–Trinajstić information content (AvgIpc) is 3.55. The summed E-state index contributed by atoms with van der Waals surface area (Å²) in [6, 6.07) is 16.8. The number of urea groups is 1. The first-order valence-corrected chi connectivity index (χ1v) is 12.2. The third-order valence-electron chi connectivity index (χ3n) is 5.36. The lowest BCUT2D eigenvalue weighted by Gasteiger charge is -2.18. The lowest BCUT2D eigenvalue weighted by Crippen LogP contribution is -2.46. The van der Waals surface area contributed by atoms with Crippen LogP contribution >= 0.6 is 22.9 Å². The number of amides is 3. The Hall–Kier alpha value is -4.22. The van der Waals surface area contributed by atoms with Gasteiger partial charge in [-0.1, -0.05) is 53.3 Å². The molecule has 0 fully saturated rings. The third-order valence-corrected chi connectivity index (χ3v) is 6.53. The van der Waals surface area contributed by atoms with Gasteiger partial charge in [0.1, 0.15) is 16.9 Å². The van der Waals surface area contributed by atoms with E-state index in [1.807, 2.05) is 36.4 Å². The van der Waals surface area contributed by atoms with Crippen molar-refractivity contribution in [3.63, 3.8) is 0 Å². The van der Waals surface area contributed by atoms with Gasteiger partial charge in [0.15, 0.2) is 11.5 Å². The first kappa shape index (κ1) is 24.5. The Labute approximate surface area is 219 Å². The smallest absolute Gasteiger partial charge is 0.319 e. The highest BCUT2D eigenvalue weighted by Crippen LogP contribution is 2.37. The molecular weight excluding hydrogens is 521 g/mol. The number of fused-ring (bicyclic) bond motifs is 1. The van der Waals surface area contributed by atoms with Gasteiger partial charge in [-0.05, 0) is 42.0 Å². The number of aromatic nitrogens is 2. The zero-order valence-electron chi connectivity index (χ0n) is 19.0. The molecule has 1 aliphatic rings. The zero-order chi connectivity index (χ0) is 25.8. The molecule has 37 heavy (non-hydrogen) atoms. The lowest BCUT2D eigenvalue weighted by molar-refractivity contribution is -0.117. The maximum absolute atomic E-state index is 13.4. The topological polar surface area (TPSA) is 114 Å². The van der Waals surface area contributed by atoms with E-state index in [9.17, 15) is 14.0 Å². The van der Waals surface area contributed by atoms with Crippen molar-refractivity contribution in [3.05, 3.63) is 83.1 Å². The molecular formula is C25H19ClFN5O4S. The Kier molecular flexibility index (Phi) is 7.15. The van der Waals surface area contributed by atoms with Gasteiger partial charge in [-0.15, -0.1) is 10.2 Å².